The molecule has 1 rings (SSSR count). The molecule has 1 heterocycles. The normalized spacial score (nSPS) is 12.4. The van der Waals surface area contributed by atoms with Gasteiger partial charge in [-0.25, -0.2) is 0 Å². The Bertz CT molecular complexity index is 337. The average Bonchev–Trinajstić information content (AvgIpc) is 2.64. The fourth-order valence-electron chi connectivity index (χ4n) is 1.23. The highest BCUT2D eigenvalue weighted by atomic mass is 16.5. The molecule has 0 aliphatic rings. The molecule has 3 N–H and O–H groups in total. The molecule has 16 heavy (non-hydrogen) atoms. The van der Waals surface area contributed by atoms with Crippen molar-refractivity contribution < 1.29 is 9.32 Å². The van der Waals surface area contributed by atoms with Gasteiger partial charge in [0.15, 0.2) is 5.82 Å². The standard InChI is InChI=1S/C10H18N4O2/c1-7(6-11)5-10(15)12-4-3-9-13-8(2)16-14-9/h7H,3-6,11H2,1-2H3,(H,12,15). The molecule has 0 fully saturated rings. The predicted molar refractivity (Wildman–Crippen MR) is 58.6 cm³/mol. The van der Waals surface area contributed by atoms with E-state index in [1.807, 2.05) is 6.92 Å². The molecule has 0 saturated carbocycles. The van der Waals surface area contributed by atoms with Gasteiger partial charge in [-0.1, -0.05) is 12.1 Å². The van der Waals surface area contributed by atoms with Crippen LogP contribution in [0.1, 0.15) is 25.1 Å². The number of aryl methyl sites for hydroxylation is 1. The van der Waals surface area contributed by atoms with Crippen LogP contribution in [0.2, 0.25) is 0 Å². The number of amides is 1. The minimum atomic E-state index is 0.0122. The van der Waals surface area contributed by atoms with E-state index in [0.717, 1.165) is 0 Å². The molecule has 0 aromatic carbocycles. The van der Waals surface area contributed by atoms with Crippen molar-refractivity contribution in [3.63, 3.8) is 0 Å². The highest BCUT2D eigenvalue weighted by Gasteiger charge is 2.07. The fraction of sp³-hybridized carbons (Fsp3) is 0.700. The van der Waals surface area contributed by atoms with Crippen LogP contribution in [0.25, 0.3) is 0 Å². The first kappa shape index (κ1) is 12.6. The Kier molecular flexibility index (Phi) is 4.91. The summed E-state index contributed by atoms with van der Waals surface area (Å²) < 4.78 is 4.81. The molecule has 1 atom stereocenters. The summed E-state index contributed by atoms with van der Waals surface area (Å²) in [6.07, 6.45) is 1.04. The van der Waals surface area contributed by atoms with Crippen molar-refractivity contribution in [2.24, 2.45) is 11.7 Å². The van der Waals surface area contributed by atoms with Crippen LogP contribution < -0.4 is 11.1 Å². The molecule has 90 valence electrons. The molecule has 1 amide bonds. The van der Waals surface area contributed by atoms with E-state index in [9.17, 15) is 4.79 Å². The van der Waals surface area contributed by atoms with E-state index < -0.39 is 0 Å². The zero-order valence-electron chi connectivity index (χ0n) is 9.69. The summed E-state index contributed by atoms with van der Waals surface area (Å²) in [5, 5.41) is 6.52. The molecular formula is C10H18N4O2. The van der Waals surface area contributed by atoms with Gasteiger partial charge in [-0.2, -0.15) is 4.98 Å². The third kappa shape index (κ3) is 4.39. The van der Waals surface area contributed by atoms with Crippen molar-refractivity contribution in [2.45, 2.75) is 26.7 Å². The Balaban J connectivity index is 2.18. The third-order valence-electron chi connectivity index (χ3n) is 2.18. The number of rotatable bonds is 6. The van der Waals surface area contributed by atoms with E-state index >= 15 is 0 Å². The zero-order valence-corrected chi connectivity index (χ0v) is 9.69. The first-order chi connectivity index (χ1) is 7.61. The molecule has 0 aliphatic carbocycles. The maximum absolute atomic E-state index is 11.4. The second-order valence-corrected chi connectivity index (χ2v) is 3.87. The fourth-order valence-corrected chi connectivity index (χ4v) is 1.23. The van der Waals surface area contributed by atoms with Crippen molar-refractivity contribution in [3.8, 4) is 0 Å². The molecule has 1 aromatic rings. The summed E-state index contributed by atoms with van der Waals surface area (Å²) >= 11 is 0. The Hall–Kier alpha value is -1.43. The summed E-state index contributed by atoms with van der Waals surface area (Å²) in [5.74, 6) is 1.38. The van der Waals surface area contributed by atoms with Crippen LogP contribution in [0.4, 0.5) is 0 Å². The van der Waals surface area contributed by atoms with E-state index in [-0.39, 0.29) is 11.8 Å². The van der Waals surface area contributed by atoms with Gasteiger partial charge < -0.3 is 15.6 Å². The van der Waals surface area contributed by atoms with Crippen LogP contribution in [0.3, 0.4) is 0 Å². The Morgan fingerprint density at radius 2 is 2.38 bits per heavy atom. The topological polar surface area (TPSA) is 94.0 Å². The number of carbonyl (C=O) groups excluding carboxylic acids is 1. The number of nitrogens with one attached hydrogen (secondary N) is 1. The first-order valence-electron chi connectivity index (χ1n) is 5.37. The van der Waals surface area contributed by atoms with E-state index in [2.05, 4.69) is 15.5 Å². The summed E-state index contributed by atoms with van der Waals surface area (Å²) in [4.78, 5) is 15.4. The lowest BCUT2D eigenvalue weighted by Crippen LogP contribution is -2.28. The minimum Gasteiger partial charge on any atom is -0.356 e. The molecule has 6 nitrogen and oxygen atoms in total. The number of nitrogens with zero attached hydrogens (tertiary/aromatic N) is 2. The second kappa shape index (κ2) is 6.22. The number of hydrogen-bond donors (Lipinski definition) is 2. The maximum atomic E-state index is 11.4. The molecule has 0 bridgehead atoms. The number of aromatic nitrogens is 2. The van der Waals surface area contributed by atoms with Crippen LogP contribution >= 0.6 is 0 Å². The average molecular weight is 226 g/mol. The summed E-state index contributed by atoms with van der Waals surface area (Å²) in [6, 6.07) is 0. The van der Waals surface area contributed by atoms with E-state index in [1.54, 1.807) is 6.92 Å². The Morgan fingerprint density at radius 3 is 2.94 bits per heavy atom. The summed E-state index contributed by atoms with van der Waals surface area (Å²) in [5.41, 5.74) is 5.43. The van der Waals surface area contributed by atoms with Gasteiger partial charge in [-0.15, -0.1) is 0 Å². The van der Waals surface area contributed by atoms with Crippen molar-refractivity contribution in [2.75, 3.05) is 13.1 Å². The predicted octanol–water partition coefficient (Wildman–Crippen LogP) is 0.0216. The highest BCUT2D eigenvalue weighted by molar-refractivity contribution is 5.76. The van der Waals surface area contributed by atoms with Crippen LogP contribution in [0.5, 0.6) is 0 Å². The smallest absolute Gasteiger partial charge is 0.223 e. The van der Waals surface area contributed by atoms with Crippen molar-refractivity contribution in [1.29, 1.82) is 0 Å². The van der Waals surface area contributed by atoms with Gasteiger partial charge in [0, 0.05) is 26.3 Å². The SMILES string of the molecule is Cc1nc(CCNC(=O)CC(C)CN)no1. The molecule has 0 aliphatic heterocycles. The molecule has 6 heteroatoms. The van der Waals surface area contributed by atoms with Gasteiger partial charge in [-0.05, 0) is 12.5 Å². The summed E-state index contributed by atoms with van der Waals surface area (Å²) in [6.45, 7) is 4.73. The number of carbonyl (C=O) groups is 1. The lowest BCUT2D eigenvalue weighted by Gasteiger charge is -2.07. The third-order valence-corrected chi connectivity index (χ3v) is 2.18. The monoisotopic (exact) mass is 226 g/mol. The molecule has 1 aromatic heterocycles. The molecule has 1 unspecified atom stereocenters. The molecule has 0 radical (unpaired) electrons. The highest BCUT2D eigenvalue weighted by Crippen LogP contribution is 1.98. The zero-order chi connectivity index (χ0) is 12.0. The largest absolute Gasteiger partial charge is 0.356 e. The molecular weight excluding hydrogens is 208 g/mol. The van der Waals surface area contributed by atoms with E-state index in [1.165, 1.54) is 0 Å². The van der Waals surface area contributed by atoms with E-state index in [4.69, 9.17) is 10.3 Å². The van der Waals surface area contributed by atoms with Gasteiger partial charge in [0.25, 0.3) is 0 Å². The lowest BCUT2D eigenvalue weighted by molar-refractivity contribution is -0.121. The Morgan fingerprint density at radius 1 is 1.62 bits per heavy atom. The maximum Gasteiger partial charge on any atom is 0.223 e. The van der Waals surface area contributed by atoms with Gasteiger partial charge in [0.05, 0.1) is 0 Å². The minimum absolute atomic E-state index is 0.0122. The lowest BCUT2D eigenvalue weighted by atomic mass is 10.1. The number of hydrogen-bond acceptors (Lipinski definition) is 5. The second-order valence-electron chi connectivity index (χ2n) is 3.87. The Labute approximate surface area is 94.6 Å². The van der Waals surface area contributed by atoms with Gasteiger partial charge in [0.1, 0.15) is 0 Å². The molecule has 0 spiro atoms. The van der Waals surface area contributed by atoms with Crippen LogP contribution in [-0.4, -0.2) is 29.1 Å². The summed E-state index contributed by atoms with van der Waals surface area (Å²) in [7, 11) is 0. The van der Waals surface area contributed by atoms with Crippen LogP contribution in [0, 0.1) is 12.8 Å². The number of nitrogens with two attached hydrogens (primary N) is 1. The van der Waals surface area contributed by atoms with Crippen LogP contribution in [-0.2, 0) is 11.2 Å². The first-order valence-corrected chi connectivity index (χ1v) is 5.37. The van der Waals surface area contributed by atoms with Gasteiger partial charge in [0.2, 0.25) is 11.8 Å². The van der Waals surface area contributed by atoms with Gasteiger partial charge >= 0.3 is 0 Å². The van der Waals surface area contributed by atoms with Crippen molar-refractivity contribution >= 4 is 5.91 Å². The van der Waals surface area contributed by atoms with Crippen LogP contribution in [0.15, 0.2) is 4.52 Å². The molecule has 0 saturated heterocycles. The van der Waals surface area contributed by atoms with E-state index in [0.29, 0.717) is 37.6 Å². The van der Waals surface area contributed by atoms with Crippen molar-refractivity contribution in [1.82, 2.24) is 15.5 Å². The van der Waals surface area contributed by atoms with Crippen molar-refractivity contribution in [3.05, 3.63) is 11.7 Å². The quantitative estimate of drug-likeness (QED) is 0.713. The van der Waals surface area contributed by atoms with Gasteiger partial charge in [-0.3, -0.25) is 4.79 Å².